The third-order valence-corrected chi connectivity index (χ3v) is 6.05. The topological polar surface area (TPSA) is 69.4 Å². The number of hydrogen-bond donors (Lipinski definition) is 0. The maximum Gasteiger partial charge on any atom is 0.332 e. The highest BCUT2D eigenvalue weighted by Gasteiger charge is 2.23. The molecule has 8 heteroatoms. The zero-order valence-corrected chi connectivity index (χ0v) is 17.9. The van der Waals surface area contributed by atoms with E-state index in [-0.39, 0.29) is 23.0 Å². The summed E-state index contributed by atoms with van der Waals surface area (Å²) in [5.41, 5.74) is 1.72. The molecular formula is C23H27FN4O3. The smallest absolute Gasteiger partial charge is 0.332 e. The molecule has 7 nitrogen and oxygen atoms in total. The van der Waals surface area contributed by atoms with Gasteiger partial charge in [0.1, 0.15) is 11.5 Å². The van der Waals surface area contributed by atoms with Gasteiger partial charge in [0.15, 0.2) is 0 Å². The monoisotopic (exact) mass is 426 g/mol. The van der Waals surface area contributed by atoms with E-state index in [0.717, 1.165) is 48.3 Å². The van der Waals surface area contributed by atoms with Crippen LogP contribution in [-0.4, -0.2) is 45.8 Å². The first-order valence-corrected chi connectivity index (χ1v) is 10.5. The first-order valence-electron chi connectivity index (χ1n) is 10.5. The van der Waals surface area contributed by atoms with Crippen molar-refractivity contribution in [1.29, 1.82) is 0 Å². The van der Waals surface area contributed by atoms with E-state index in [2.05, 4.69) is 4.90 Å². The van der Waals surface area contributed by atoms with Gasteiger partial charge in [0.05, 0.1) is 18.5 Å². The molecule has 4 rings (SSSR count). The predicted molar refractivity (Wildman–Crippen MR) is 117 cm³/mol. The Morgan fingerprint density at radius 2 is 1.81 bits per heavy atom. The van der Waals surface area contributed by atoms with Gasteiger partial charge in [-0.1, -0.05) is 12.1 Å². The summed E-state index contributed by atoms with van der Waals surface area (Å²) in [4.78, 5) is 32.3. The van der Waals surface area contributed by atoms with Crippen LogP contribution in [0.2, 0.25) is 0 Å². The molecule has 0 atom stereocenters. The molecule has 0 amide bonds. The van der Waals surface area contributed by atoms with Crippen LogP contribution >= 0.6 is 0 Å². The molecule has 164 valence electrons. The van der Waals surface area contributed by atoms with Crippen molar-refractivity contribution in [2.75, 3.05) is 26.8 Å². The minimum Gasteiger partial charge on any atom is -0.383 e. The van der Waals surface area contributed by atoms with Gasteiger partial charge in [-0.25, -0.2) is 14.2 Å². The Morgan fingerprint density at radius 3 is 2.48 bits per heavy atom. The number of likely N-dealkylation sites (tertiary alicyclic amines) is 1. The molecule has 3 heterocycles. The van der Waals surface area contributed by atoms with Gasteiger partial charge in [0.2, 0.25) is 0 Å². The molecule has 0 unspecified atom stereocenters. The van der Waals surface area contributed by atoms with Crippen LogP contribution in [0.25, 0.3) is 11.0 Å². The molecule has 0 spiro atoms. The Labute approximate surface area is 179 Å². The Hall–Kier alpha value is -2.84. The number of ether oxygens (including phenoxy) is 1. The molecule has 0 aliphatic carbocycles. The summed E-state index contributed by atoms with van der Waals surface area (Å²) >= 11 is 0. The molecule has 1 saturated heterocycles. The van der Waals surface area contributed by atoms with Crippen LogP contribution < -0.4 is 11.2 Å². The molecule has 31 heavy (non-hydrogen) atoms. The van der Waals surface area contributed by atoms with E-state index in [1.165, 1.54) is 23.7 Å². The normalized spacial score (nSPS) is 15.6. The number of methoxy groups -OCH3 is 1. The summed E-state index contributed by atoms with van der Waals surface area (Å²) in [6.45, 7) is 3.32. The van der Waals surface area contributed by atoms with Crippen LogP contribution in [0.15, 0.2) is 46.0 Å². The fraction of sp³-hybridized carbons (Fsp3) is 0.435. The molecule has 1 fully saturated rings. The molecule has 0 saturated carbocycles. The largest absolute Gasteiger partial charge is 0.383 e. The third-order valence-electron chi connectivity index (χ3n) is 6.05. The highest BCUT2D eigenvalue weighted by Crippen LogP contribution is 2.28. The van der Waals surface area contributed by atoms with Crippen molar-refractivity contribution in [3.8, 4) is 0 Å². The maximum atomic E-state index is 13.1. The lowest BCUT2D eigenvalue weighted by molar-refractivity contribution is 0.186. The number of piperidine rings is 1. The number of rotatable bonds is 6. The second-order valence-electron chi connectivity index (χ2n) is 8.08. The average Bonchev–Trinajstić information content (AvgIpc) is 2.79. The van der Waals surface area contributed by atoms with Crippen LogP contribution in [0.1, 0.15) is 30.0 Å². The van der Waals surface area contributed by atoms with E-state index in [4.69, 9.17) is 9.72 Å². The van der Waals surface area contributed by atoms with Crippen molar-refractivity contribution < 1.29 is 9.13 Å². The zero-order valence-electron chi connectivity index (χ0n) is 17.9. The van der Waals surface area contributed by atoms with Crippen LogP contribution in [-0.2, 0) is 24.9 Å². The molecule has 3 aromatic rings. The highest BCUT2D eigenvalue weighted by molar-refractivity contribution is 5.74. The lowest BCUT2D eigenvalue weighted by Gasteiger charge is -2.31. The van der Waals surface area contributed by atoms with Gasteiger partial charge in [-0.15, -0.1) is 0 Å². The fourth-order valence-electron chi connectivity index (χ4n) is 4.22. The Kier molecular flexibility index (Phi) is 6.29. The van der Waals surface area contributed by atoms with Gasteiger partial charge < -0.3 is 4.74 Å². The molecule has 1 aliphatic heterocycles. The Bertz CT molecular complexity index is 1180. The third kappa shape index (κ3) is 4.45. The minimum atomic E-state index is -0.381. The molecule has 1 aromatic carbocycles. The summed E-state index contributed by atoms with van der Waals surface area (Å²) in [6.07, 6.45) is 1.87. The van der Waals surface area contributed by atoms with E-state index in [1.807, 2.05) is 18.2 Å². The molecule has 0 bridgehead atoms. The summed E-state index contributed by atoms with van der Waals surface area (Å²) in [7, 11) is 3.06. The number of pyridine rings is 1. The van der Waals surface area contributed by atoms with Gasteiger partial charge in [-0.05, 0) is 55.8 Å². The second kappa shape index (κ2) is 9.11. The first kappa shape index (κ1) is 21.4. The second-order valence-corrected chi connectivity index (χ2v) is 8.08. The van der Waals surface area contributed by atoms with E-state index in [9.17, 15) is 14.0 Å². The SMILES string of the molecule is COCCn1c(=O)n(C)c(=O)c2ccc(C3CCN(Cc4ccc(F)cc4)CC3)nc21. The van der Waals surface area contributed by atoms with Crippen LogP contribution in [0.4, 0.5) is 4.39 Å². The van der Waals surface area contributed by atoms with Gasteiger partial charge in [-0.3, -0.25) is 18.8 Å². The average molecular weight is 426 g/mol. The van der Waals surface area contributed by atoms with Crippen molar-refractivity contribution in [1.82, 2.24) is 19.0 Å². The lowest BCUT2D eigenvalue weighted by Crippen LogP contribution is -2.39. The van der Waals surface area contributed by atoms with Crippen molar-refractivity contribution in [2.24, 2.45) is 7.05 Å². The number of fused-ring (bicyclic) bond motifs is 1. The standard InChI is InChI=1S/C23H27FN4O3/c1-26-22(29)19-7-8-20(25-21(19)28(23(26)30)13-14-31-2)17-9-11-27(12-10-17)15-16-3-5-18(24)6-4-16/h3-8,17H,9-15H2,1-2H3. The highest BCUT2D eigenvalue weighted by atomic mass is 19.1. The Morgan fingerprint density at radius 1 is 1.10 bits per heavy atom. The van der Waals surface area contributed by atoms with Crippen molar-refractivity contribution in [2.45, 2.75) is 31.8 Å². The van der Waals surface area contributed by atoms with Crippen LogP contribution in [0.3, 0.4) is 0 Å². The minimum absolute atomic E-state index is 0.219. The van der Waals surface area contributed by atoms with Gasteiger partial charge in [0, 0.05) is 32.3 Å². The summed E-state index contributed by atoms with van der Waals surface area (Å²) in [5.74, 6) is 0.0487. The van der Waals surface area contributed by atoms with E-state index >= 15 is 0 Å². The molecule has 2 aromatic heterocycles. The van der Waals surface area contributed by atoms with Gasteiger partial charge >= 0.3 is 5.69 Å². The van der Waals surface area contributed by atoms with Crippen molar-refractivity contribution in [3.63, 3.8) is 0 Å². The number of benzene rings is 1. The van der Waals surface area contributed by atoms with Crippen LogP contribution in [0.5, 0.6) is 0 Å². The van der Waals surface area contributed by atoms with E-state index < -0.39 is 0 Å². The molecule has 0 N–H and O–H groups in total. The lowest BCUT2D eigenvalue weighted by atomic mass is 9.92. The van der Waals surface area contributed by atoms with Gasteiger partial charge in [-0.2, -0.15) is 0 Å². The summed E-state index contributed by atoms with van der Waals surface area (Å²) in [5, 5.41) is 0.440. The summed E-state index contributed by atoms with van der Waals surface area (Å²) < 4.78 is 20.9. The zero-order chi connectivity index (χ0) is 22.0. The van der Waals surface area contributed by atoms with Crippen molar-refractivity contribution >= 4 is 11.0 Å². The van der Waals surface area contributed by atoms with Crippen molar-refractivity contribution in [3.05, 3.63) is 74.3 Å². The van der Waals surface area contributed by atoms with Crippen LogP contribution in [0, 0.1) is 5.82 Å². The van der Waals surface area contributed by atoms with Gasteiger partial charge in [0.25, 0.3) is 5.56 Å². The quantitative estimate of drug-likeness (QED) is 0.605. The number of aromatic nitrogens is 3. The number of nitrogens with zero attached hydrogens (tertiary/aromatic N) is 4. The maximum absolute atomic E-state index is 13.1. The van der Waals surface area contributed by atoms with E-state index in [0.29, 0.717) is 24.2 Å². The van der Waals surface area contributed by atoms with E-state index in [1.54, 1.807) is 13.2 Å². The fourth-order valence-corrected chi connectivity index (χ4v) is 4.22. The predicted octanol–water partition coefficient (Wildman–Crippen LogP) is 2.26. The molecule has 0 radical (unpaired) electrons. The number of halogens is 1. The number of hydrogen-bond acceptors (Lipinski definition) is 5. The molecular weight excluding hydrogens is 399 g/mol. The Balaban J connectivity index is 1.55. The molecule has 1 aliphatic rings. The first-order chi connectivity index (χ1) is 15.0. The summed E-state index contributed by atoms with van der Waals surface area (Å²) in [6, 6.07) is 10.3.